The van der Waals surface area contributed by atoms with Gasteiger partial charge in [-0.2, -0.15) is 0 Å². The number of aromatic nitrogens is 1. The van der Waals surface area contributed by atoms with Gasteiger partial charge >= 0.3 is 0 Å². The Labute approximate surface area is 191 Å². The maximum absolute atomic E-state index is 2.68. The Hall–Kier alpha value is -2.84. The van der Waals surface area contributed by atoms with E-state index in [-0.39, 0.29) is 0 Å². The molecule has 1 aliphatic carbocycles. The molecule has 0 amide bonds. The second-order valence-corrected chi connectivity index (χ2v) is 9.63. The van der Waals surface area contributed by atoms with Crippen LogP contribution in [0.15, 0.2) is 72.8 Å². The van der Waals surface area contributed by atoms with Crippen molar-refractivity contribution in [3.05, 3.63) is 89.5 Å². The summed E-state index contributed by atoms with van der Waals surface area (Å²) in [6, 6.07) is 24.9. The highest BCUT2D eigenvalue weighted by molar-refractivity contribution is 6.08. The molecule has 1 fully saturated rings. The summed E-state index contributed by atoms with van der Waals surface area (Å²) in [7, 11) is 0. The number of rotatable bonds is 5. The van der Waals surface area contributed by atoms with E-state index in [9.17, 15) is 0 Å². The predicted molar refractivity (Wildman–Crippen MR) is 136 cm³/mol. The summed E-state index contributed by atoms with van der Waals surface area (Å²) in [5.74, 6) is 0. The molecule has 162 valence electrons. The molecule has 3 aromatic carbocycles. The van der Waals surface area contributed by atoms with Gasteiger partial charge in [0.1, 0.15) is 0 Å². The first kappa shape index (κ1) is 19.8. The van der Waals surface area contributed by atoms with E-state index in [2.05, 4.69) is 95.3 Å². The Morgan fingerprint density at radius 2 is 1.62 bits per heavy atom. The molecule has 0 radical (unpaired) electrons. The van der Waals surface area contributed by atoms with Crippen molar-refractivity contribution in [2.24, 2.45) is 0 Å². The minimum atomic E-state index is 0.297. The number of allylic oxidation sites excluding steroid dienone is 1. The van der Waals surface area contributed by atoms with Gasteiger partial charge in [-0.3, -0.25) is 0 Å². The highest BCUT2D eigenvalue weighted by atomic mass is 15.1. The number of likely N-dealkylation sites (tertiary alicyclic amines) is 1. The van der Waals surface area contributed by atoms with Crippen molar-refractivity contribution in [3.63, 3.8) is 0 Å². The SMILES string of the molecule is CCn1c2ccccc2c2cc(CCCN3CCC4(C=Cc5ccccc54)CC3)ccc21. The van der Waals surface area contributed by atoms with Crippen LogP contribution in [0.25, 0.3) is 27.9 Å². The van der Waals surface area contributed by atoms with Crippen molar-refractivity contribution >= 4 is 27.9 Å². The fourth-order valence-corrected chi connectivity index (χ4v) is 6.15. The average Bonchev–Trinajstić information content (AvgIpc) is 3.36. The monoisotopic (exact) mass is 420 g/mol. The Bertz CT molecular complexity index is 1300. The summed E-state index contributed by atoms with van der Waals surface area (Å²) in [5, 5.41) is 2.80. The van der Waals surface area contributed by atoms with Crippen molar-refractivity contribution in [2.45, 2.75) is 44.6 Å². The van der Waals surface area contributed by atoms with Crippen LogP contribution in [0.3, 0.4) is 0 Å². The van der Waals surface area contributed by atoms with Gasteiger partial charge in [0, 0.05) is 33.8 Å². The summed E-state index contributed by atoms with van der Waals surface area (Å²) in [6.45, 7) is 6.88. The van der Waals surface area contributed by atoms with Crippen molar-refractivity contribution in [1.82, 2.24) is 9.47 Å². The first-order valence-corrected chi connectivity index (χ1v) is 12.3. The Morgan fingerprint density at radius 3 is 2.50 bits per heavy atom. The van der Waals surface area contributed by atoms with Gasteiger partial charge in [0.2, 0.25) is 0 Å². The minimum absolute atomic E-state index is 0.297. The maximum Gasteiger partial charge on any atom is 0.0491 e. The topological polar surface area (TPSA) is 8.17 Å². The molecule has 2 nitrogen and oxygen atoms in total. The van der Waals surface area contributed by atoms with Crippen LogP contribution in [0.5, 0.6) is 0 Å². The molecule has 32 heavy (non-hydrogen) atoms. The Kier molecular flexibility index (Phi) is 4.91. The van der Waals surface area contributed by atoms with Gasteiger partial charge < -0.3 is 9.47 Å². The van der Waals surface area contributed by atoms with Crippen LogP contribution in [-0.2, 0) is 18.4 Å². The lowest BCUT2D eigenvalue weighted by atomic mass is 9.74. The summed E-state index contributed by atoms with van der Waals surface area (Å²) in [6.07, 6.45) is 9.73. The lowest BCUT2D eigenvalue weighted by molar-refractivity contribution is 0.183. The van der Waals surface area contributed by atoms with Gasteiger partial charge in [-0.1, -0.05) is 60.7 Å². The second-order valence-electron chi connectivity index (χ2n) is 9.63. The van der Waals surface area contributed by atoms with E-state index in [0.29, 0.717) is 5.41 Å². The normalized spacial score (nSPS) is 17.5. The molecule has 2 aliphatic rings. The maximum atomic E-state index is 2.68. The standard InChI is InChI=1S/C30H32N2/c1-2-32-28-12-6-4-10-25(28)26-22-23(13-14-29(26)32)8-7-19-31-20-17-30(18-21-31)16-15-24-9-3-5-11-27(24)30/h3-6,9-16,22H,2,7-8,17-21H2,1H3. The highest BCUT2D eigenvalue weighted by Gasteiger charge is 2.37. The third-order valence-electron chi connectivity index (χ3n) is 7.92. The summed E-state index contributed by atoms with van der Waals surface area (Å²) in [4.78, 5) is 2.68. The van der Waals surface area contributed by atoms with Crippen LogP contribution < -0.4 is 0 Å². The van der Waals surface area contributed by atoms with E-state index in [1.807, 2.05) is 0 Å². The molecule has 0 N–H and O–H groups in total. The van der Waals surface area contributed by atoms with Gasteiger partial charge in [-0.05, 0) is 87.1 Å². The molecule has 2 heteroatoms. The summed E-state index contributed by atoms with van der Waals surface area (Å²) < 4.78 is 2.44. The van der Waals surface area contributed by atoms with Crippen LogP contribution in [0.1, 0.15) is 42.9 Å². The van der Waals surface area contributed by atoms with E-state index in [0.717, 1.165) is 13.0 Å². The van der Waals surface area contributed by atoms with E-state index >= 15 is 0 Å². The number of fused-ring (bicyclic) bond motifs is 5. The largest absolute Gasteiger partial charge is 0.341 e. The molecule has 0 saturated carbocycles. The van der Waals surface area contributed by atoms with Crippen LogP contribution >= 0.6 is 0 Å². The summed E-state index contributed by atoms with van der Waals surface area (Å²) >= 11 is 0. The summed E-state index contributed by atoms with van der Waals surface area (Å²) in [5.41, 5.74) is 7.47. The molecule has 1 saturated heterocycles. The second kappa shape index (κ2) is 7.94. The van der Waals surface area contributed by atoms with Gasteiger partial charge in [0.15, 0.2) is 0 Å². The molecule has 1 spiro atoms. The average molecular weight is 421 g/mol. The van der Waals surface area contributed by atoms with Gasteiger partial charge in [0.25, 0.3) is 0 Å². The van der Waals surface area contributed by atoms with Gasteiger partial charge in [-0.15, -0.1) is 0 Å². The minimum Gasteiger partial charge on any atom is -0.341 e. The van der Waals surface area contributed by atoms with Crippen molar-refractivity contribution in [1.29, 1.82) is 0 Å². The van der Waals surface area contributed by atoms with E-state index < -0.39 is 0 Å². The fraction of sp³-hybridized carbons (Fsp3) is 0.333. The highest BCUT2D eigenvalue weighted by Crippen LogP contribution is 2.43. The molecule has 0 unspecified atom stereocenters. The quantitative estimate of drug-likeness (QED) is 0.344. The predicted octanol–water partition coefficient (Wildman–Crippen LogP) is 6.81. The van der Waals surface area contributed by atoms with Crippen molar-refractivity contribution in [3.8, 4) is 0 Å². The first-order valence-electron chi connectivity index (χ1n) is 12.3. The van der Waals surface area contributed by atoms with Gasteiger partial charge in [-0.25, -0.2) is 0 Å². The third-order valence-corrected chi connectivity index (χ3v) is 7.92. The number of aryl methyl sites for hydroxylation is 2. The zero-order valence-corrected chi connectivity index (χ0v) is 19.1. The molecule has 4 aromatic rings. The molecule has 2 heterocycles. The molecule has 1 aliphatic heterocycles. The van der Waals surface area contributed by atoms with Crippen molar-refractivity contribution in [2.75, 3.05) is 19.6 Å². The lowest BCUT2D eigenvalue weighted by Gasteiger charge is -2.39. The van der Waals surface area contributed by atoms with Crippen LogP contribution in [0.4, 0.5) is 0 Å². The van der Waals surface area contributed by atoms with Gasteiger partial charge in [0.05, 0.1) is 0 Å². The van der Waals surface area contributed by atoms with E-state index in [1.54, 1.807) is 5.56 Å². The number of piperidine rings is 1. The molecule has 6 rings (SSSR count). The Morgan fingerprint density at radius 1 is 0.844 bits per heavy atom. The molecule has 0 bridgehead atoms. The number of hydrogen-bond acceptors (Lipinski definition) is 1. The van der Waals surface area contributed by atoms with E-state index in [4.69, 9.17) is 0 Å². The van der Waals surface area contributed by atoms with E-state index in [1.165, 1.54) is 71.8 Å². The lowest BCUT2D eigenvalue weighted by Crippen LogP contribution is -2.41. The number of para-hydroxylation sites is 1. The third kappa shape index (κ3) is 3.20. The molecular weight excluding hydrogens is 388 g/mol. The smallest absolute Gasteiger partial charge is 0.0491 e. The number of hydrogen-bond donors (Lipinski definition) is 0. The zero-order chi connectivity index (χ0) is 21.5. The first-order chi connectivity index (χ1) is 15.8. The number of nitrogens with zero attached hydrogens (tertiary/aromatic N) is 2. The number of benzene rings is 3. The molecule has 1 aromatic heterocycles. The fourth-order valence-electron chi connectivity index (χ4n) is 6.15. The molecular formula is C30H32N2. The van der Waals surface area contributed by atoms with Crippen molar-refractivity contribution < 1.29 is 0 Å². The Balaban J connectivity index is 1.11. The van der Waals surface area contributed by atoms with Crippen LogP contribution in [0.2, 0.25) is 0 Å². The van der Waals surface area contributed by atoms with Crippen LogP contribution in [0, 0.1) is 0 Å². The molecule has 0 atom stereocenters. The van der Waals surface area contributed by atoms with Crippen LogP contribution in [-0.4, -0.2) is 29.1 Å². The zero-order valence-electron chi connectivity index (χ0n) is 19.1.